The Balaban J connectivity index is 1.54. The minimum atomic E-state index is 0.129. The molecule has 0 radical (unpaired) electrons. The molecule has 2 aliphatic rings. The molecule has 1 aromatic rings. The minimum absolute atomic E-state index is 0.129. The predicted molar refractivity (Wildman–Crippen MR) is 70.6 cm³/mol. The summed E-state index contributed by atoms with van der Waals surface area (Å²) < 4.78 is 11.7. The van der Waals surface area contributed by atoms with Gasteiger partial charge in [0.1, 0.15) is 6.10 Å². The molecule has 1 aromatic carbocycles. The van der Waals surface area contributed by atoms with Crippen LogP contribution in [0.25, 0.3) is 0 Å². The number of hydrogen-bond acceptors (Lipinski definition) is 3. The zero-order chi connectivity index (χ0) is 12.2. The number of ether oxygens (including phenoxy) is 2. The van der Waals surface area contributed by atoms with Crippen LogP contribution in [-0.4, -0.2) is 32.9 Å². The van der Waals surface area contributed by atoms with Gasteiger partial charge in [0.15, 0.2) is 0 Å². The Morgan fingerprint density at radius 3 is 3.11 bits per heavy atom. The highest BCUT2D eigenvalue weighted by Gasteiger charge is 2.21. The van der Waals surface area contributed by atoms with E-state index in [1.165, 1.54) is 17.5 Å². The van der Waals surface area contributed by atoms with Crippen molar-refractivity contribution in [3.8, 4) is 0 Å². The van der Waals surface area contributed by atoms with Crippen LogP contribution in [0.5, 0.6) is 0 Å². The van der Waals surface area contributed by atoms with E-state index in [-0.39, 0.29) is 6.10 Å². The van der Waals surface area contributed by atoms with Crippen LogP contribution in [0, 0.1) is 5.92 Å². The molecule has 18 heavy (non-hydrogen) atoms. The second-order valence-electron chi connectivity index (χ2n) is 5.20. The predicted octanol–water partition coefficient (Wildman–Crippen LogP) is 1.93. The third-order valence-electron chi connectivity index (χ3n) is 3.88. The minimum Gasteiger partial charge on any atom is -0.378 e. The first-order chi connectivity index (χ1) is 8.93. The van der Waals surface area contributed by atoms with Crippen LogP contribution in [0.15, 0.2) is 24.3 Å². The molecule has 2 unspecified atom stereocenters. The van der Waals surface area contributed by atoms with Crippen LogP contribution in [0.2, 0.25) is 0 Å². The number of hydrogen-bond donors (Lipinski definition) is 1. The second kappa shape index (κ2) is 5.83. The summed E-state index contributed by atoms with van der Waals surface area (Å²) in [6.45, 7) is 4.59. The van der Waals surface area contributed by atoms with Gasteiger partial charge < -0.3 is 14.8 Å². The third-order valence-corrected chi connectivity index (χ3v) is 3.88. The Morgan fingerprint density at radius 1 is 1.28 bits per heavy atom. The summed E-state index contributed by atoms with van der Waals surface area (Å²) in [5, 5.41) is 3.37. The Labute approximate surface area is 108 Å². The molecule has 0 saturated carbocycles. The van der Waals surface area contributed by atoms with E-state index in [2.05, 4.69) is 29.6 Å². The Morgan fingerprint density at radius 2 is 2.22 bits per heavy atom. The maximum Gasteiger partial charge on any atom is 0.106 e. The van der Waals surface area contributed by atoms with E-state index >= 15 is 0 Å². The standard InChI is InChI=1S/C15H21NO2/c1-2-4-14-13(3-1)6-8-18-15(14)11-17-10-12-5-7-16-9-12/h1-4,12,15-16H,5-11H2. The van der Waals surface area contributed by atoms with Gasteiger partial charge in [0.2, 0.25) is 0 Å². The van der Waals surface area contributed by atoms with Crippen molar-refractivity contribution in [2.24, 2.45) is 5.92 Å². The fourth-order valence-corrected chi connectivity index (χ4v) is 2.81. The molecule has 1 fully saturated rings. The fourth-order valence-electron chi connectivity index (χ4n) is 2.81. The highest BCUT2D eigenvalue weighted by molar-refractivity contribution is 5.30. The zero-order valence-corrected chi connectivity index (χ0v) is 10.7. The third kappa shape index (κ3) is 2.74. The maximum atomic E-state index is 5.85. The van der Waals surface area contributed by atoms with Crippen molar-refractivity contribution in [2.45, 2.75) is 18.9 Å². The Kier molecular flexibility index (Phi) is 3.93. The van der Waals surface area contributed by atoms with Crippen molar-refractivity contribution < 1.29 is 9.47 Å². The lowest BCUT2D eigenvalue weighted by Gasteiger charge is -2.26. The van der Waals surface area contributed by atoms with Crippen LogP contribution < -0.4 is 5.32 Å². The molecule has 0 amide bonds. The van der Waals surface area contributed by atoms with Gasteiger partial charge in [-0.05, 0) is 36.4 Å². The van der Waals surface area contributed by atoms with E-state index in [1.54, 1.807) is 0 Å². The molecule has 1 saturated heterocycles. The van der Waals surface area contributed by atoms with Crippen LogP contribution >= 0.6 is 0 Å². The highest BCUT2D eigenvalue weighted by Crippen LogP contribution is 2.27. The summed E-state index contributed by atoms with van der Waals surface area (Å²) in [5.74, 6) is 0.684. The lowest BCUT2D eigenvalue weighted by atomic mass is 9.98. The fraction of sp³-hybridized carbons (Fsp3) is 0.600. The molecule has 2 atom stereocenters. The normalized spacial score (nSPS) is 27.1. The molecule has 0 spiro atoms. The lowest BCUT2D eigenvalue weighted by Crippen LogP contribution is -2.22. The molecule has 1 N–H and O–H groups in total. The van der Waals surface area contributed by atoms with Crippen LogP contribution in [0.4, 0.5) is 0 Å². The number of nitrogens with one attached hydrogen (secondary N) is 1. The summed E-state index contributed by atoms with van der Waals surface area (Å²) in [4.78, 5) is 0. The van der Waals surface area contributed by atoms with Crippen molar-refractivity contribution in [2.75, 3.05) is 32.9 Å². The Bertz CT molecular complexity index is 388. The summed E-state index contributed by atoms with van der Waals surface area (Å²) in [6, 6.07) is 8.55. The van der Waals surface area contributed by atoms with E-state index in [4.69, 9.17) is 9.47 Å². The topological polar surface area (TPSA) is 30.5 Å². The largest absolute Gasteiger partial charge is 0.378 e. The molecule has 0 bridgehead atoms. The SMILES string of the molecule is c1ccc2c(c1)CCOC2COCC1CCNC1. The van der Waals surface area contributed by atoms with Crippen molar-refractivity contribution in [3.63, 3.8) is 0 Å². The van der Waals surface area contributed by atoms with Crippen LogP contribution in [0.1, 0.15) is 23.7 Å². The molecule has 3 nitrogen and oxygen atoms in total. The van der Waals surface area contributed by atoms with Crippen LogP contribution in [0.3, 0.4) is 0 Å². The van der Waals surface area contributed by atoms with E-state index in [9.17, 15) is 0 Å². The van der Waals surface area contributed by atoms with Crippen molar-refractivity contribution >= 4 is 0 Å². The van der Waals surface area contributed by atoms with Gasteiger partial charge in [0, 0.05) is 6.54 Å². The summed E-state index contributed by atoms with van der Waals surface area (Å²) in [7, 11) is 0. The average Bonchev–Trinajstić information content (AvgIpc) is 2.92. The van der Waals surface area contributed by atoms with Gasteiger partial charge in [-0.1, -0.05) is 24.3 Å². The van der Waals surface area contributed by atoms with Gasteiger partial charge in [-0.15, -0.1) is 0 Å². The van der Waals surface area contributed by atoms with Gasteiger partial charge in [0.25, 0.3) is 0 Å². The van der Waals surface area contributed by atoms with Gasteiger partial charge in [-0.2, -0.15) is 0 Å². The molecule has 2 heterocycles. The average molecular weight is 247 g/mol. The molecular formula is C15H21NO2. The van der Waals surface area contributed by atoms with Crippen molar-refractivity contribution in [1.29, 1.82) is 0 Å². The molecule has 98 valence electrons. The molecule has 3 rings (SSSR count). The first-order valence-corrected chi connectivity index (χ1v) is 6.91. The number of rotatable bonds is 4. The summed E-state index contributed by atoms with van der Waals surface area (Å²) >= 11 is 0. The lowest BCUT2D eigenvalue weighted by molar-refractivity contribution is -0.0314. The van der Waals surface area contributed by atoms with Crippen molar-refractivity contribution in [1.82, 2.24) is 5.32 Å². The maximum absolute atomic E-state index is 5.85. The van der Waals surface area contributed by atoms with Gasteiger partial charge in [-0.3, -0.25) is 0 Å². The summed E-state index contributed by atoms with van der Waals surface area (Å²) in [5.41, 5.74) is 2.73. The van der Waals surface area contributed by atoms with E-state index in [0.717, 1.165) is 32.7 Å². The van der Waals surface area contributed by atoms with Crippen molar-refractivity contribution in [3.05, 3.63) is 35.4 Å². The smallest absolute Gasteiger partial charge is 0.106 e. The molecule has 0 aliphatic carbocycles. The highest BCUT2D eigenvalue weighted by atomic mass is 16.5. The molecule has 0 aromatic heterocycles. The Hall–Kier alpha value is -0.900. The molecule has 3 heteroatoms. The number of fused-ring (bicyclic) bond motifs is 1. The van der Waals surface area contributed by atoms with Gasteiger partial charge in [0.05, 0.1) is 19.8 Å². The van der Waals surface area contributed by atoms with E-state index in [0.29, 0.717) is 12.5 Å². The quantitative estimate of drug-likeness (QED) is 0.882. The van der Waals surface area contributed by atoms with Gasteiger partial charge >= 0.3 is 0 Å². The first-order valence-electron chi connectivity index (χ1n) is 6.91. The second-order valence-corrected chi connectivity index (χ2v) is 5.20. The number of benzene rings is 1. The van der Waals surface area contributed by atoms with Crippen LogP contribution in [-0.2, 0) is 15.9 Å². The van der Waals surface area contributed by atoms with Gasteiger partial charge in [-0.25, -0.2) is 0 Å². The summed E-state index contributed by atoms with van der Waals surface area (Å²) in [6.07, 6.45) is 2.39. The molecule has 2 aliphatic heterocycles. The van der Waals surface area contributed by atoms with E-state index < -0.39 is 0 Å². The first kappa shape index (κ1) is 12.2. The van der Waals surface area contributed by atoms with E-state index in [1.807, 2.05) is 0 Å². The molecular weight excluding hydrogens is 226 g/mol. The monoisotopic (exact) mass is 247 g/mol. The zero-order valence-electron chi connectivity index (χ0n) is 10.7.